The Morgan fingerprint density at radius 2 is 2.00 bits per heavy atom. The van der Waals surface area contributed by atoms with Crippen molar-refractivity contribution in [1.82, 2.24) is 5.32 Å². The maximum Gasteiger partial charge on any atom is 0.224 e. The number of amides is 1. The van der Waals surface area contributed by atoms with Crippen LogP contribution in [0.5, 0.6) is 0 Å². The van der Waals surface area contributed by atoms with Crippen molar-refractivity contribution in [2.45, 2.75) is 25.7 Å². The van der Waals surface area contributed by atoms with Crippen LogP contribution < -0.4 is 10.6 Å². The van der Waals surface area contributed by atoms with Gasteiger partial charge in [-0.2, -0.15) is 0 Å². The first-order valence-corrected chi connectivity index (χ1v) is 6.88. The molecule has 0 saturated heterocycles. The summed E-state index contributed by atoms with van der Waals surface area (Å²) in [4.78, 5) is 11.6. The first kappa shape index (κ1) is 13.4. The minimum Gasteiger partial charge on any atom is -0.326 e. The van der Waals surface area contributed by atoms with Crippen LogP contribution >= 0.6 is 11.6 Å². The summed E-state index contributed by atoms with van der Waals surface area (Å²) in [7, 11) is 0. The fourth-order valence-corrected chi connectivity index (χ4v) is 1.88. The van der Waals surface area contributed by atoms with Gasteiger partial charge in [0.15, 0.2) is 0 Å². The van der Waals surface area contributed by atoms with Gasteiger partial charge in [0.2, 0.25) is 5.91 Å². The molecule has 0 spiro atoms. The molecular formula is C14H19ClN2O. The molecule has 1 aromatic carbocycles. The zero-order chi connectivity index (χ0) is 12.8. The smallest absolute Gasteiger partial charge is 0.224 e. The molecule has 1 aromatic rings. The van der Waals surface area contributed by atoms with Gasteiger partial charge in [0.05, 0.1) is 0 Å². The molecule has 0 bridgehead atoms. The Morgan fingerprint density at radius 3 is 2.67 bits per heavy atom. The van der Waals surface area contributed by atoms with E-state index >= 15 is 0 Å². The quantitative estimate of drug-likeness (QED) is 0.745. The van der Waals surface area contributed by atoms with E-state index in [1.54, 1.807) is 12.1 Å². The number of anilines is 1. The van der Waals surface area contributed by atoms with E-state index in [1.807, 2.05) is 12.1 Å². The summed E-state index contributed by atoms with van der Waals surface area (Å²) in [6.07, 6.45) is 4.17. The number of hydrogen-bond acceptors (Lipinski definition) is 2. The van der Waals surface area contributed by atoms with E-state index in [2.05, 4.69) is 10.6 Å². The monoisotopic (exact) mass is 266 g/mol. The molecule has 18 heavy (non-hydrogen) atoms. The van der Waals surface area contributed by atoms with Gasteiger partial charge < -0.3 is 10.6 Å². The first-order valence-electron chi connectivity index (χ1n) is 6.50. The van der Waals surface area contributed by atoms with Crippen molar-refractivity contribution in [3.63, 3.8) is 0 Å². The average molecular weight is 267 g/mol. The molecular weight excluding hydrogens is 248 g/mol. The van der Waals surface area contributed by atoms with E-state index in [0.717, 1.165) is 31.1 Å². The second-order valence-corrected chi connectivity index (χ2v) is 5.24. The van der Waals surface area contributed by atoms with Gasteiger partial charge >= 0.3 is 0 Å². The van der Waals surface area contributed by atoms with Gasteiger partial charge in [-0.05, 0) is 62.5 Å². The van der Waals surface area contributed by atoms with Crippen molar-refractivity contribution in [3.05, 3.63) is 29.3 Å². The van der Waals surface area contributed by atoms with Crippen molar-refractivity contribution in [3.8, 4) is 0 Å². The van der Waals surface area contributed by atoms with Gasteiger partial charge in [-0.1, -0.05) is 11.6 Å². The van der Waals surface area contributed by atoms with Crippen LogP contribution in [0.3, 0.4) is 0 Å². The molecule has 1 aliphatic rings. The van der Waals surface area contributed by atoms with Crippen LogP contribution in [0, 0.1) is 5.92 Å². The largest absolute Gasteiger partial charge is 0.326 e. The van der Waals surface area contributed by atoms with Crippen molar-refractivity contribution in [1.29, 1.82) is 0 Å². The molecule has 1 fully saturated rings. The van der Waals surface area contributed by atoms with E-state index in [4.69, 9.17) is 11.6 Å². The van der Waals surface area contributed by atoms with Gasteiger partial charge in [0.25, 0.3) is 0 Å². The molecule has 1 aliphatic carbocycles. The third-order valence-corrected chi connectivity index (χ3v) is 3.27. The number of rotatable bonds is 7. The zero-order valence-electron chi connectivity index (χ0n) is 10.4. The summed E-state index contributed by atoms with van der Waals surface area (Å²) in [5.74, 6) is 0.957. The molecule has 0 aromatic heterocycles. The Balaban J connectivity index is 1.57. The number of carbonyl (C=O) groups is 1. The molecule has 2 N–H and O–H groups in total. The summed E-state index contributed by atoms with van der Waals surface area (Å²) in [6, 6.07) is 7.17. The van der Waals surface area contributed by atoms with E-state index in [-0.39, 0.29) is 5.91 Å². The lowest BCUT2D eigenvalue weighted by Gasteiger charge is -2.06. The molecule has 0 aliphatic heterocycles. The minimum atomic E-state index is 0.0607. The molecule has 0 unspecified atom stereocenters. The molecule has 1 saturated carbocycles. The predicted molar refractivity (Wildman–Crippen MR) is 74.9 cm³/mol. The Morgan fingerprint density at radius 1 is 1.28 bits per heavy atom. The van der Waals surface area contributed by atoms with Crippen molar-refractivity contribution < 1.29 is 4.79 Å². The lowest BCUT2D eigenvalue weighted by molar-refractivity contribution is -0.116. The second-order valence-electron chi connectivity index (χ2n) is 4.81. The SMILES string of the molecule is O=C(CCCNCC1CC1)Nc1ccc(Cl)cc1. The zero-order valence-corrected chi connectivity index (χ0v) is 11.2. The second kappa shape index (κ2) is 6.76. The molecule has 3 nitrogen and oxygen atoms in total. The number of nitrogens with one attached hydrogen (secondary N) is 2. The lowest BCUT2D eigenvalue weighted by atomic mass is 10.2. The van der Waals surface area contributed by atoms with E-state index in [0.29, 0.717) is 11.4 Å². The summed E-state index contributed by atoms with van der Waals surface area (Å²) in [5.41, 5.74) is 0.801. The van der Waals surface area contributed by atoms with E-state index in [1.165, 1.54) is 12.8 Å². The van der Waals surface area contributed by atoms with E-state index < -0.39 is 0 Å². The van der Waals surface area contributed by atoms with Crippen LogP contribution in [0.25, 0.3) is 0 Å². The fraction of sp³-hybridized carbons (Fsp3) is 0.500. The van der Waals surface area contributed by atoms with Crippen LogP contribution in [-0.4, -0.2) is 19.0 Å². The minimum absolute atomic E-state index is 0.0607. The van der Waals surface area contributed by atoms with Crippen LogP contribution in [0.2, 0.25) is 5.02 Å². The number of hydrogen-bond donors (Lipinski definition) is 2. The molecule has 1 amide bonds. The van der Waals surface area contributed by atoms with Gasteiger partial charge in [-0.3, -0.25) is 4.79 Å². The van der Waals surface area contributed by atoms with Crippen LogP contribution in [-0.2, 0) is 4.79 Å². The molecule has 0 radical (unpaired) electrons. The predicted octanol–water partition coefficient (Wildman–Crippen LogP) is 3.06. The molecule has 2 rings (SSSR count). The van der Waals surface area contributed by atoms with Gasteiger partial charge in [-0.15, -0.1) is 0 Å². The normalized spacial score (nSPS) is 14.5. The maximum absolute atomic E-state index is 11.6. The van der Waals surface area contributed by atoms with Gasteiger partial charge in [-0.25, -0.2) is 0 Å². The Labute approximate surface area is 113 Å². The summed E-state index contributed by atoms with van der Waals surface area (Å²) in [6.45, 7) is 2.03. The molecule has 0 heterocycles. The standard InChI is InChI=1S/C14H19ClN2O/c15-12-5-7-13(8-6-12)17-14(18)2-1-9-16-10-11-3-4-11/h5-8,11,16H,1-4,9-10H2,(H,17,18). The van der Waals surface area contributed by atoms with Gasteiger partial charge in [0.1, 0.15) is 0 Å². The Bertz CT molecular complexity index is 387. The first-order chi connectivity index (χ1) is 8.74. The topological polar surface area (TPSA) is 41.1 Å². The fourth-order valence-electron chi connectivity index (χ4n) is 1.76. The van der Waals surface area contributed by atoms with Crippen molar-refractivity contribution in [2.75, 3.05) is 18.4 Å². The third-order valence-electron chi connectivity index (χ3n) is 3.02. The number of halogens is 1. The maximum atomic E-state index is 11.6. The highest BCUT2D eigenvalue weighted by Crippen LogP contribution is 2.27. The summed E-state index contributed by atoms with van der Waals surface area (Å²) < 4.78 is 0. The molecule has 0 atom stereocenters. The Hall–Kier alpha value is -1.06. The van der Waals surface area contributed by atoms with Crippen molar-refractivity contribution in [2.24, 2.45) is 5.92 Å². The van der Waals surface area contributed by atoms with Crippen molar-refractivity contribution >= 4 is 23.2 Å². The van der Waals surface area contributed by atoms with Crippen LogP contribution in [0.1, 0.15) is 25.7 Å². The third kappa shape index (κ3) is 5.07. The van der Waals surface area contributed by atoms with Crippen LogP contribution in [0.4, 0.5) is 5.69 Å². The lowest BCUT2D eigenvalue weighted by Crippen LogP contribution is -2.20. The molecule has 98 valence electrons. The summed E-state index contributed by atoms with van der Waals surface area (Å²) >= 11 is 5.78. The van der Waals surface area contributed by atoms with E-state index in [9.17, 15) is 4.79 Å². The van der Waals surface area contributed by atoms with Gasteiger partial charge in [0, 0.05) is 17.1 Å². The van der Waals surface area contributed by atoms with Crippen LogP contribution in [0.15, 0.2) is 24.3 Å². The Kier molecular flexibility index (Phi) is 5.02. The summed E-state index contributed by atoms with van der Waals surface area (Å²) in [5, 5.41) is 6.91. The number of carbonyl (C=O) groups excluding carboxylic acids is 1. The average Bonchev–Trinajstić information content (AvgIpc) is 3.16. The number of benzene rings is 1. The highest BCUT2D eigenvalue weighted by atomic mass is 35.5. The highest BCUT2D eigenvalue weighted by Gasteiger charge is 2.19. The highest BCUT2D eigenvalue weighted by molar-refractivity contribution is 6.30. The molecule has 4 heteroatoms.